The maximum absolute atomic E-state index is 12.2. The fourth-order valence-corrected chi connectivity index (χ4v) is 2.56. The van der Waals surface area contributed by atoms with Crippen LogP contribution in [0.1, 0.15) is 23.2 Å². The molecule has 0 aliphatic carbocycles. The van der Waals surface area contributed by atoms with Crippen molar-refractivity contribution in [2.75, 3.05) is 18.0 Å². The molecule has 2 aromatic rings. The van der Waals surface area contributed by atoms with Gasteiger partial charge in [-0.25, -0.2) is 4.98 Å². The van der Waals surface area contributed by atoms with Crippen LogP contribution in [0.15, 0.2) is 43.0 Å². The zero-order valence-electron chi connectivity index (χ0n) is 12.2. The summed E-state index contributed by atoms with van der Waals surface area (Å²) in [6, 6.07) is 7.21. The molecule has 1 saturated heterocycles. The summed E-state index contributed by atoms with van der Waals surface area (Å²) in [5.74, 6) is -0.00808. The Kier molecular flexibility index (Phi) is 4.18. The molecule has 1 aromatic carbocycles. The second-order valence-electron chi connectivity index (χ2n) is 5.26. The van der Waals surface area contributed by atoms with Crippen LogP contribution in [0, 0.1) is 0 Å². The van der Waals surface area contributed by atoms with Crippen molar-refractivity contribution in [1.82, 2.24) is 14.9 Å². The number of nitrogens with zero attached hydrogens (tertiary/aromatic N) is 3. The summed E-state index contributed by atoms with van der Waals surface area (Å²) in [6.07, 6.45) is 6.73. The molecule has 0 radical (unpaired) electrons. The first-order chi connectivity index (χ1) is 10.7. The highest BCUT2D eigenvalue weighted by Crippen LogP contribution is 2.22. The maximum Gasteiger partial charge on any atom is 0.251 e. The van der Waals surface area contributed by atoms with E-state index in [0.717, 1.165) is 18.7 Å². The van der Waals surface area contributed by atoms with Gasteiger partial charge in [-0.05, 0) is 24.6 Å². The number of carbonyl (C=O) groups excluding carboxylic acids is 2. The molecule has 0 atom stereocenters. The average molecular weight is 298 g/mol. The minimum Gasteiger partial charge on any atom is -0.350 e. The van der Waals surface area contributed by atoms with Gasteiger partial charge in [-0.2, -0.15) is 0 Å². The van der Waals surface area contributed by atoms with Crippen LogP contribution in [-0.2, 0) is 11.3 Å². The lowest BCUT2D eigenvalue weighted by molar-refractivity contribution is -0.117. The normalized spacial score (nSPS) is 14.4. The SMILES string of the molecule is O=C(NCCn1ccnc1)c1cccc(N2CCCC2=O)c1. The lowest BCUT2D eigenvalue weighted by Crippen LogP contribution is -2.28. The Hall–Kier alpha value is -2.63. The first kappa shape index (κ1) is 14.3. The van der Waals surface area contributed by atoms with Gasteiger partial charge in [0, 0.05) is 49.7 Å². The Morgan fingerprint density at radius 3 is 3.00 bits per heavy atom. The first-order valence-electron chi connectivity index (χ1n) is 7.38. The van der Waals surface area contributed by atoms with Crippen LogP contribution in [0.3, 0.4) is 0 Å². The van der Waals surface area contributed by atoms with Crippen molar-refractivity contribution in [3.8, 4) is 0 Å². The summed E-state index contributed by atoms with van der Waals surface area (Å²) in [4.78, 5) is 29.7. The predicted molar refractivity (Wildman–Crippen MR) is 82.6 cm³/mol. The quantitative estimate of drug-likeness (QED) is 0.908. The molecule has 0 spiro atoms. The molecule has 1 N–H and O–H groups in total. The summed E-state index contributed by atoms with van der Waals surface area (Å²) < 4.78 is 1.90. The molecule has 3 rings (SSSR count). The van der Waals surface area contributed by atoms with E-state index in [1.807, 2.05) is 22.9 Å². The van der Waals surface area contributed by atoms with E-state index >= 15 is 0 Å². The average Bonchev–Trinajstić information content (AvgIpc) is 3.19. The second kappa shape index (κ2) is 6.43. The number of nitrogens with one attached hydrogen (secondary N) is 1. The van der Waals surface area contributed by atoms with Gasteiger partial charge < -0.3 is 14.8 Å². The van der Waals surface area contributed by atoms with Crippen molar-refractivity contribution in [3.63, 3.8) is 0 Å². The second-order valence-corrected chi connectivity index (χ2v) is 5.26. The zero-order valence-corrected chi connectivity index (χ0v) is 12.2. The Morgan fingerprint density at radius 1 is 1.36 bits per heavy atom. The Labute approximate surface area is 128 Å². The van der Waals surface area contributed by atoms with Gasteiger partial charge >= 0.3 is 0 Å². The van der Waals surface area contributed by atoms with Crippen molar-refractivity contribution in [2.45, 2.75) is 19.4 Å². The van der Waals surface area contributed by atoms with E-state index < -0.39 is 0 Å². The number of amides is 2. The van der Waals surface area contributed by atoms with Crippen LogP contribution >= 0.6 is 0 Å². The lowest BCUT2D eigenvalue weighted by atomic mass is 10.1. The third kappa shape index (κ3) is 3.16. The minimum atomic E-state index is -0.131. The van der Waals surface area contributed by atoms with Crippen molar-refractivity contribution in [2.24, 2.45) is 0 Å². The van der Waals surface area contributed by atoms with Crippen molar-refractivity contribution >= 4 is 17.5 Å². The largest absolute Gasteiger partial charge is 0.350 e. The first-order valence-corrected chi connectivity index (χ1v) is 7.38. The highest BCUT2D eigenvalue weighted by atomic mass is 16.2. The number of imidazole rings is 1. The van der Waals surface area contributed by atoms with Gasteiger partial charge in [-0.15, -0.1) is 0 Å². The number of anilines is 1. The van der Waals surface area contributed by atoms with Gasteiger partial charge in [0.25, 0.3) is 5.91 Å². The van der Waals surface area contributed by atoms with Crippen molar-refractivity contribution in [3.05, 3.63) is 48.5 Å². The molecule has 2 heterocycles. The van der Waals surface area contributed by atoms with Crippen LogP contribution in [0.25, 0.3) is 0 Å². The number of rotatable bonds is 5. The monoisotopic (exact) mass is 298 g/mol. The third-order valence-electron chi connectivity index (χ3n) is 3.71. The summed E-state index contributed by atoms with van der Waals surface area (Å²) >= 11 is 0. The minimum absolute atomic E-state index is 0.123. The maximum atomic E-state index is 12.2. The van der Waals surface area contributed by atoms with Crippen LogP contribution < -0.4 is 10.2 Å². The molecule has 1 fully saturated rings. The molecule has 1 aliphatic heterocycles. The Morgan fingerprint density at radius 2 is 2.27 bits per heavy atom. The van der Waals surface area contributed by atoms with E-state index in [9.17, 15) is 9.59 Å². The van der Waals surface area contributed by atoms with Crippen LogP contribution in [-0.4, -0.2) is 34.5 Å². The summed E-state index contributed by atoms with van der Waals surface area (Å²) in [7, 11) is 0. The Bertz CT molecular complexity index is 667. The molecule has 2 amide bonds. The van der Waals surface area contributed by atoms with E-state index in [1.54, 1.807) is 29.6 Å². The third-order valence-corrected chi connectivity index (χ3v) is 3.71. The highest BCUT2D eigenvalue weighted by Gasteiger charge is 2.22. The van der Waals surface area contributed by atoms with E-state index in [0.29, 0.717) is 25.1 Å². The van der Waals surface area contributed by atoms with Crippen molar-refractivity contribution < 1.29 is 9.59 Å². The molecule has 1 aromatic heterocycles. The number of hydrogen-bond donors (Lipinski definition) is 1. The van der Waals surface area contributed by atoms with Gasteiger partial charge in [-0.1, -0.05) is 6.07 Å². The summed E-state index contributed by atoms with van der Waals surface area (Å²) in [5, 5.41) is 2.88. The molecular formula is C16H18N4O2. The molecule has 0 bridgehead atoms. The highest BCUT2D eigenvalue weighted by molar-refractivity contribution is 5.99. The van der Waals surface area contributed by atoms with Gasteiger partial charge in [-0.3, -0.25) is 9.59 Å². The van der Waals surface area contributed by atoms with Gasteiger partial charge in [0.05, 0.1) is 6.33 Å². The predicted octanol–water partition coefficient (Wildman–Crippen LogP) is 1.44. The van der Waals surface area contributed by atoms with Crippen LogP contribution in [0.5, 0.6) is 0 Å². The van der Waals surface area contributed by atoms with Gasteiger partial charge in [0.15, 0.2) is 0 Å². The molecule has 6 heteroatoms. The number of aromatic nitrogens is 2. The standard InChI is InChI=1S/C16H18N4O2/c21-15-5-2-8-20(15)14-4-1-3-13(11-14)16(22)18-7-10-19-9-6-17-12-19/h1,3-4,6,9,11-12H,2,5,7-8,10H2,(H,18,22). The van der Waals surface area contributed by atoms with Crippen LogP contribution in [0.2, 0.25) is 0 Å². The van der Waals surface area contributed by atoms with E-state index in [-0.39, 0.29) is 11.8 Å². The van der Waals surface area contributed by atoms with E-state index in [2.05, 4.69) is 10.3 Å². The molecule has 114 valence electrons. The fraction of sp³-hybridized carbons (Fsp3) is 0.312. The van der Waals surface area contributed by atoms with Crippen LogP contribution in [0.4, 0.5) is 5.69 Å². The molecular weight excluding hydrogens is 280 g/mol. The molecule has 6 nitrogen and oxygen atoms in total. The van der Waals surface area contributed by atoms with E-state index in [4.69, 9.17) is 0 Å². The molecule has 1 aliphatic rings. The number of carbonyl (C=O) groups is 2. The fourth-order valence-electron chi connectivity index (χ4n) is 2.56. The Balaban J connectivity index is 1.61. The van der Waals surface area contributed by atoms with Gasteiger partial charge in [0.2, 0.25) is 5.91 Å². The van der Waals surface area contributed by atoms with Gasteiger partial charge in [0.1, 0.15) is 0 Å². The molecule has 0 unspecified atom stereocenters. The topological polar surface area (TPSA) is 67.2 Å². The molecule has 0 saturated carbocycles. The molecule has 22 heavy (non-hydrogen) atoms. The zero-order chi connectivity index (χ0) is 15.4. The lowest BCUT2D eigenvalue weighted by Gasteiger charge is -2.16. The number of benzene rings is 1. The number of hydrogen-bond acceptors (Lipinski definition) is 3. The van der Waals surface area contributed by atoms with E-state index in [1.165, 1.54) is 0 Å². The smallest absolute Gasteiger partial charge is 0.251 e. The summed E-state index contributed by atoms with van der Waals surface area (Å²) in [6.45, 7) is 1.93. The van der Waals surface area contributed by atoms with Crippen molar-refractivity contribution in [1.29, 1.82) is 0 Å². The summed E-state index contributed by atoms with van der Waals surface area (Å²) in [5.41, 5.74) is 1.37.